The van der Waals surface area contributed by atoms with Gasteiger partial charge in [0.15, 0.2) is 0 Å². The van der Waals surface area contributed by atoms with Crippen molar-refractivity contribution >= 4 is 5.97 Å². The monoisotopic (exact) mass is 258 g/mol. The highest BCUT2D eigenvalue weighted by atomic mass is 16.5. The van der Waals surface area contributed by atoms with Crippen LogP contribution in [0.3, 0.4) is 0 Å². The topological polar surface area (TPSA) is 44.8 Å². The molecule has 4 nitrogen and oxygen atoms in total. The van der Waals surface area contributed by atoms with Crippen molar-refractivity contribution in [1.82, 2.24) is 0 Å². The van der Waals surface area contributed by atoms with Gasteiger partial charge in [0.05, 0.1) is 14.2 Å². The van der Waals surface area contributed by atoms with Crippen LogP contribution in [0.2, 0.25) is 0 Å². The summed E-state index contributed by atoms with van der Waals surface area (Å²) < 4.78 is 15.6. The van der Waals surface area contributed by atoms with Crippen molar-refractivity contribution in [2.24, 2.45) is 0 Å². The second-order valence-electron chi connectivity index (χ2n) is 3.74. The molecule has 0 aliphatic rings. The Balaban J connectivity index is 2.33. The van der Waals surface area contributed by atoms with Crippen molar-refractivity contribution < 1.29 is 19.0 Å². The fraction of sp³-hybridized carbons (Fsp3) is 0.133. The molecule has 0 heterocycles. The smallest absolute Gasteiger partial charge is 0.351 e. The minimum atomic E-state index is -0.513. The van der Waals surface area contributed by atoms with Gasteiger partial charge < -0.3 is 14.2 Å². The van der Waals surface area contributed by atoms with E-state index in [9.17, 15) is 4.79 Å². The lowest BCUT2D eigenvalue weighted by atomic mass is 10.2. The van der Waals surface area contributed by atoms with E-state index in [1.807, 2.05) is 6.07 Å². The molecule has 0 radical (unpaired) electrons. The van der Waals surface area contributed by atoms with E-state index in [4.69, 9.17) is 14.2 Å². The Labute approximate surface area is 111 Å². The molecule has 0 aliphatic heterocycles. The molecule has 98 valence electrons. The van der Waals surface area contributed by atoms with Crippen molar-refractivity contribution in [1.29, 1.82) is 0 Å². The summed E-state index contributed by atoms with van der Waals surface area (Å²) in [6.45, 7) is 0. The normalized spacial score (nSPS) is 9.79. The summed E-state index contributed by atoms with van der Waals surface area (Å²) in [5.41, 5.74) is 0.274. The number of carbonyl (C=O) groups is 1. The van der Waals surface area contributed by atoms with Gasteiger partial charge in [-0.2, -0.15) is 0 Å². The summed E-state index contributed by atoms with van der Waals surface area (Å²) in [5, 5.41) is 0. The zero-order valence-corrected chi connectivity index (χ0v) is 10.8. The van der Waals surface area contributed by atoms with E-state index in [1.165, 1.54) is 14.2 Å². The maximum atomic E-state index is 12.2. The van der Waals surface area contributed by atoms with Crippen LogP contribution in [0.15, 0.2) is 48.5 Å². The molecule has 19 heavy (non-hydrogen) atoms. The van der Waals surface area contributed by atoms with Gasteiger partial charge in [0.2, 0.25) is 0 Å². The molecule has 2 aromatic rings. The largest absolute Gasteiger partial charge is 0.496 e. The van der Waals surface area contributed by atoms with Crippen LogP contribution in [-0.4, -0.2) is 20.2 Å². The van der Waals surface area contributed by atoms with Crippen LogP contribution in [0.5, 0.6) is 17.2 Å². The summed E-state index contributed by atoms with van der Waals surface area (Å²) in [7, 11) is 2.99. The average Bonchev–Trinajstić information content (AvgIpc) is 2.47. The number of carbonyl (C=O) groups excluding carboxylic acids is 1. The fourth-order valence-electron chi connectivity index (χ4n) is 1.70. The molecule has 0 amide bonds. The van der Waals surface area contributed by atoms with E-state index < -0.39 is 5.97 Å². The zero-order valence-electron chi connectivity index (χ0n) is 10.8. The van der Waals surface area contributed by atoms with E-state index in [0.717, 1.165) is 0 Å². The first kappa shape index (κ1) is 13.0. The number of methoxy groups -OCH3 is 2. The molecule has 0 saturated carbocycles. The Morgan fingerprint density at radius 2 is 1.42 bits per heavy atom. The zero-order chi connectivity index (χ0) is 13.7. The maximum absolute atomic E-state index is 12.2. The van der Waals surface area contributed by atoms with Gasteiger partial charge in [-0.15, -0.1) is 0 Å². The summed E-state index contributed by atoms with van der Waals surface area (Å²) in [4.78, 5) is 12.2. The highest BCUT2D eigenvalue weighted by Gasteiger charge is 2.20. The Kier molecular flexibility index (Phi) is 4.03. The number of hydrogen-bond acceptors (Lipinski definition) is 4. The van der Waals surface area contributed by atoms with Gasteiger partial charge in [-0.25, -0.2) is 4.79 Å². The van der Waals surface area contributed by atoms with Gasteiger partial charge in [0, 0.05) is 0 Å². The standard InChI is InChI=1S/C15H14O4/c1-17-12-9-6-10-13(18-2)14(12)15(16)19-11-7-4-3-5-8-11/h3-10H,1-2H3. The van der Waals surface area contributed by atoms with Crippen LogP contribution in [-0.2, 0) is 0 Å². The summed E-state index contributed by atoms with van der Waals surface area (Å²) in [6, 6.07) is 14.0. The van der Waals surface area contributed by atoms with Crippen molar-refractivity contribution in [3.63, 3.8) is 0 Å². The molecule has 0 fully saturated rings. The Hall–Kier alpha value is -2.49. The van der Waals surface area contributed by atoms with Gasteiger partial charge in [-0.3, -0.25) is 0 Å². The summed E-state index contributed by atoms with van der Waals surface area (Å²) in [5.74, 6) is 0.793. The summed E-state index contributed by atoms with van der Waals surface area (Å²) in [6.07, 6.45) is 0. The second kappa shape index (κ2) is 5.91. The minimum Gasteiger partial charge on any atom is -0.496 e. The molecular weight excluding hydrogens is 244 g/mol. The van der Waals surface area contributed by atoms with Gasteiger partial charge in [-0.05, 0) is 24.3 Å². The first-order valence-corrected chi connectivity index (χ1v) is 5.74. The highest BCUT2D eigenvalue weighted by Crippen LogP contribution is 2.29. The van der Waals surface area contributed by atoms with Crippen LogP contribution in [0.25, 0.3) is 0 Å². The molecule has 0 saturated heterocycles. The average molecular weight is 258 g/mol. The van der Waals surface area contributed by atoms with Crippen molar-refractivity contribution in [2.75, 3.05) is 14.2 Å². The van der Waals surface area contributed by atoms with E-state index in [-0.39, 0.29) is 5.56 Å². The van der Waals surface area contributed by atoms with Crippen LogP contribution < -0.4 is 14.2 Å². The molecular formula is C15H14O4. The van der Waals surface area contributed by atoms with Gasteiger partial charge in [-0.1, -0.05) is 24.3 Å². The van der Waals surface area contributed by atoms with Crippen LogP contribution in [0, 0.1) is 0 Å². The molecule has 0 N–H and O–H groups in total. The number of esters is 1. The van der Waals surface area contributed by atoms with E-state index in [0.29, 0.717) is 17.2 Å². The van der Waals surface area contributed by atoms with Gasteiger partial charge in [0.1, 0.15) is 22.8 Å². The molecule has 2 aromatic carbocycles. The maximum Gasteiger partial charge on any atom is 0.351 e. The third-order valence-electron chi connectivity index (χ3n) is 2.59. The van der Waals surface area contributed by atoms with Crippen LogP contribution in [0.4, 0.5) is 0 Å². The van der Waals surface area contributed by atoms with Gasteiger partial charge in [0.25, 0.3) is 0 Å². The predicted molar refractivity (Wildman–Crippen MR) is 70.9 cm³/mol. The SMILES string of the molecule is COc1cccc(OC)c1C(=O)Oc1ccccc1. The number of ether oxygens (including phenoxy) is 3. The first-order chi connectivity index (χ1) is 9.26. The predicted octanol–water partition coefficient (Wildman–Crippen LogP) is 2.92. The minimum absolute atomic E-state index is 0.274. The van der Waals surface area contributed by atoms with E-state index >= 15 is 0 Å². The number of benzene rings is 2. The Morgan fingerprint density at radius 1 is 0.842 bits per heavy atom. The second-order valence-corrected chi connectivity index (χ2v) is 3.74. The quantitative estimate of drug-likeness (QED) is 0.624. The third kappa shape index (κ3) is 2.85. The van der Waals surface area contributed by atoms with Crippen LogP contribution >= 0.6 is 0 Å². The number of hydrogen-bond donors (Lipinski definition) is 0. The third-order valence-corrected chi connectivity index (χ3v) is 2.59. The lowest BCUT2D eigenvalue weighted by Crippen LogP contribution is -2.11. The van der Waals surface area contributed by atoms with Crippen LogP contribution in [0.1, 0.15) is 10.4 Å². The van der Waals surface area contributed by atoms with E-state index in [1.54, 1.807) is 42.5 Å². The fourth-order valence-corrected chi connectivity index (χ4v) is 1.70. The summed E-state index contributed by atoms with van der Waals surface area (Å²) >= 11 is 0. The van der Waals surface area contributed by atoms with Crippen molar-refractivity contribution in [3.8, 4) is 17.2 Å². The molecule has 0 bridgehead atoms. The van der Waals surface area contributed by atoms with E-state index in [2.05, 4.69) is 0 Å². The Bertz CT molecular complexity index is 541. The van der Waals surface area contributed by atoms with Crippen molar-refractivity contribution in [2.45, 2.75) is 0 Å². The molecule has 2 rings (SSSR count). The molecule has 0 atom stereocenters. The molecule has 0 aliphatic carbocycles. The highest BCUT2D eigenvalue weighted by molar-refractivity contribution is 5.97. The molecule has 0 spiro atoms. The molecule has 0 aromatic heterocycles. The molecule has 4 heteroatoms. The lowest BCUT2D eigenvalue weighted by Gasteiger charge is -2.12. The van der Waals surface area contributed by atoms with Gasteiger partial charge >= 0.3 is 5.97 Å². The first-order valence-electron chi connectivity index (χ1n) is 5.74. The number of rotatable bonds is 4. The lowest BCUT2D eigenvalue weighted by molar-refractivity contribution is 0.0727. The Morgan fingerprint density at radius 3 is 1.95 bits per heavy atom. The number of para-hydroxylation sites is 1. The van der Waals surface area contributed by atoms with Crippen molar-refractivity contribution in [3.05, 3.63) is 54.1 Å². The molecule has 0 unspecified atom stereocenters.